The minimum Gasteiger partial charge on any atom is -0.388 e. The van der Waals surface area contributed by atoms with Gasteiger partial charge < -0.3 is 10.0 Å². The molecular formula is C29H30NO2Y-. The number of anilines is 1. The van der Waals surface area contributed by atoms with E-state index in [-0.39, 0.29) is 50.8 Å². The van der Waals surface area contributed by atoms with Crippen molar-refractivity contribution in [2.45, 2.75) is 63.5 Å². The summed E-state index contributed by atoms with van der Waals surface area (Å²) < 4.78 is 0. The summed E-state index contributed by atoms with van der Waals surface area (Å²) in [6, 6.07) is 26.5. The molecule has 2 unspecified atom stereocenters. The Kier molecular flexibility index (Phi) is 8.17. The fraction of sp³-hybridized carbons (Fsp3) is 0.345. The van der Waals surface area contributed by atoms with Gasteiger partial charge in [0.2, 0.25) is 5.91 Å². The molecule has 0 spiro atoms. The van der Waals surface area contributed by atoms with Crippen LogP contribution >= 0.6 is 0 Å². The van der Waals surface area contributed by atoms with Crippen LogP contribution in [0.5, 0.6) is 0 Å². The molecule has 1 N–H and O–H groups in total. The van der Waals surface area contributed by atoms with Gasteiger partial charge in [0.05, 0.1) is 6.10 Å². The molecule has 2 atom stereocenters. The van der Waals surface area contributed by atoms with Gasteiger partial charge in [-0.3, -0.25) is 4.79 Å². The Balaban J connectivity index is 0.00000259. The van der Waals surface area contributed by atoms with Gasteiger partial charge in [0, 0.05) is 50.9 Å². The van der Waals surface area contributed by atoms with Crippen LogP contribution in [-0.4, -0.2) is 17.1 Å². The Hall–Kier alpha value is -1.81. The number of aliphatic hydroxyl groups is 1. The Morgan fingerprint density at radius 1 is 0.970 bits per heavy atom. The van der Waals surface area contributed by atoms with E-state index in [1.165, 1.54) is 16.7 Å². The van der Waals surface area contributed by atoms with Crippen LogP contribution in [0.2, 0.25) is 0 Å². The summed E-state index contributed by atoms with van der Waals surface area (Å²) in [6.07, 6.45) is 7.21. The first kappa shape index (κ1) is 24.3. The number of nitrogens with zero attached hydrogens (tertiary/aromatic N) is 1. The molecular weight excluding hydrogens is 483 g/mol. The van der Waals surface area contributed by atoms with E-state index in [4.69, 9.17) is 0 Å². The van der Waals surface area contributed by atoms with Gasteiger partial charge in [-0.2, -0.15) is 35.9 Å². The Morgan fingerprint density at radius 2 is 1.79 bits per heavy atom. The monoisotopic (exact) mass is 513 g/mol. The largest absolute Gasteiger partial charge is 0.388 e. The second-order valence-corrected chi connectivity index (χ2v) is 9.10. The maximum atomic E-state index is 12.8. The van der Waals surface area contributed by atoms with Gasteiger partial charge in [-0.05, 0) is 72.9 Å². The molecule has 0 aromatic heterocycles. The van der Waals surface area contributed by atoms with E-state index >= 15 is 0 Å². The van der Waals surface area contributed by atoms with Gasteiger partial charge >= 0.3 is 0 Å². The summed E-state index contributed by atoms with van der Waals surface area (Å²) in [4.78, 5) is 14.9. The predicted octanol–water partition coefficient (Wildman–Crippen LogP) is 6.04. The topological polar surface area (TPSA) is 40.5 Å². The van der Waals surface area contributed by atoms with Crippen molar-refractivity contribution in [3.63, 3.8) is 0 Å². The predicted molar refractivity (Wildman–Crippen MR) is 128 cm³/mol. The summed E-state index contributed by atoms with van der Waals surface area (Å²) >= 11 is 0. The van der Waals surface area contributed by atoms with E-state index in [2.05, 4.69) is 60.7 Å². The molecule has 1 aliphatic carbocycles. The van der Waals surface area contributed by atoms with Crippen molar-refractivity contribution in [1.82, 2.24) is 0 Å². The van der Waals surface area contributed by atoms with E-state index in [9.17, 15) is 9.90 Å². The number of carbonyl (C=O) groups excluding carboxylic acids is 1. The fourth-order valence-electron chi connectivity index (χ4n) is 5.27. The zero-order chi connectivity index (χ0) is 21.9. The third-order valence-corrected chi connectivity index (χ3v) is 6.99. The molecule has 33 heavy (non-hydrogen) atoms. The third kappa shape index (κ3) is 5.48. The number of hydrogen-bond acceptors (Lipinski definition) is 2. The Bertz CT molecular complexity index is 1080. The normalized spacial score (nSPS) is 19.8. The molecule has 1 fully saturated rings. The maximum Gasteiger partial charge on any atom is 0.227 e. The number of carbonyl (C=O) groups is 1. The first-order valence-electron chi connectivity index (χ1n) is 11.9. The van der Waals surface area contributed by atoms with Crippen LogP contribution in [0.15, 0.2) is 66.7 Å². The molecule has 0 saturated carbocycles. The van der Waals surface area contributed by atoms with Gasteiger partial charge in [0.25, 0.3) is 0 Å². The van der Waals surface area contributed by atoms with E-state index in [1.807, 2.05) is 17.0 Å². The van der Waals surface area contributed by atoms with Crippen molar-refractivity contribution in [3.8, 4) is 11.1 Å². The summed E-state index contributed by atoms with van der Waals surface area (Å²) in [7, 11) is 0. The van der Waals surface area contributed by atoms with E-state index in [0.29, 0.717) is 6.42 Å². The molecule has 1 radical (unpaired) electrons. The smallest absolute Gasteiger partial charge is 0.227 e. The van der Waals surface area contributed by atoms with Crippen LogP contribution in [0.25, 0.3) is 11.1 Å². The van der Waals surface area contributed by atoms with Crippen molar-refractivity contribution in [2.24, 2.45) is 0 Å². The van der Waals surface area contributed by atoms with Gasteiger partial charge in [0.1, 0.15) is 0 Å². The van der Waals surface area contributed by atoms with Crippen LogP contribution in [-0.2, 0) is 50.3 Å². The van der Waals surface area contributed by atoms with E-state index < -0.39 is 0 Å². The van der Waals surface area contributed by atoms with Crippen LogP contribution in [0.4, 0.5) is 5.69 Å². The molecule has 1 aliphatic heterocycles. The second kappa shape index (κ2) is 11.1. The van der Waals surface area contributed by atoms with Crippen LogP contribution < -0.4 is 4.90 Å². The molecule has 4 heteroatoms. The number of aliphatic hydroxyl groups excluding tert-OH is 1. The van der Waals surface area contributed by atoms with Crippen LogP contribution in [0.3, 0.4) is 0 Å². The molecule has 0 bridgehead atoms. The SMILES string of the molecule is O=C1CCCC(CCCc2[c-]cccc2)N1c1ccc(-c2ccc3c(c2)CCC3O)cc1.[Y]. The zero-order valence-corrected chi connectivity index (χ0v) is 21.9. The van der Waals surface area contributed by atoms with Crippen molar-refractivity contribution in [1.29, 1.82) is 0 Å². The fourth-order valence-corrected chi connectivity index (χ4v) is 5.27. The van der Waals surface area contributed by atoms with Crippen molar-refractivity contribution in [3.05, 3.63) is 89.5 Å². The first-order chi connectivity index (χ1) is 15.7. The van der Waals surface area contributed by atoms with Gasteiger partial charge in [0.15, 0.2) is 0 Å². The number of hydrogen-bond donors (Lipinski definition) is 1. The van der Waals surface area contributed by atoms with Crippen LogP contribution in [0, 0.1) is 6.07 Å². The molecule has 3 nitrogen and oxygen atoms in total. The quantitative estimate of drug-likeness (QED) is 0.409. The number of piperidine rings is 1. The minimum absolute atomic E-state index is 0. The molecule has 167 valence electrons. The maximum absolute atomic E-state index is 12.8. The summed E-state index contributed by atoms with van der Waals surface area (Å²) in [5.74, 6) is 0.242. The summed E-state index contributed by atoms with van der Waals surface area (Å²) in [5, 5.41) is 10.1. The summed E-state index contributed by atoms with van der Waals surface area (Å²) in [5.41, 5.74) is 6.89. The number of rotatable bonds is 6. The molecule has 2 aliphatic rings. The molecule has 3 aromatic carbocycles. The second-order valence-electron chi connectivity index (χ2n) is 9.10. The Morgan fingerprint density at radius 3 is 2.58 bits per heavy atom. The van der Waals surface area contributed by atoms with E-state index in [1.54, 1.807) is 0 Å². The molecule has 1 heterocycles. The van der Waals surface area contributed by atoms with Crippen molar-refractivity contribution in [2.75, 3.05) is 4.90 Å². The molecule has 1 amide bonds. The van der Waals surface area contributed by atoms with E-state index in [0.717, 1.165) is 61.8 Å². The number of fused-ring (bicyclic) bond motifs is 1. The number of aryl methyl sites for hydroxylation is 2. The molecule has 3 aromatic rings. The van der Waals surface area contributed by atoms with Crippen molar-refractivity contribution < 1.29 is 42.6 Å². The standard InChI is InChI=1S/C29H30NO2.Y/c31-28-19-15-24-20-23(14-18-27(24)28)22-12-16-26(17-13-22)30-25(10-5-11-29(30)32)9-4-8-21-6-2-1-3-7-21;/h1-3,6,12-14,16-18,20,25,28,31H,4-5,8-11,15,19H2;/q-1;. The van der Waals surface area contributed by atoms with Gasteiger partial charge in [-0.15, -0.1) is 0 Å². The van der Waals surface area contributed by atoms with Gasteiger partial charge in [-0.25, -0.2) is 0 Å². The number of benzene rings is 3. The number of amides is 1. The van der Waals surface area contributed by atoms with Crippen LogP contribution in [0.1, 0.15) is 61.3 Å². The average Bonchev–Trinajstić information content (AvgIpc) is 3.20. The minimum atomic E-state index is -0.316. The average molecular weight is 513 g/mol. The first-order valence-corrected chi connectivity index (χ1v) is 11.9. The summed E-state index contributed by atoms with van der Waals surface area (Å²) in [6.45, 7) is 0. The third-order valence-electron chi connectivity index (χ3n) is 6.99. The van der Waals surface area contributed by atoms with Crippen molar-refractivity contribution >= 4 is 11.6 Å². The molecule has 1 saturated heterocycles. The zero-order valence-electron chi connectivity index (χ0n) is 19.0. The Labute approximate surface area is 222 Å². The molecule has 5 rings (SSSR count). The van der Waals surface area contributed by atoms with Gasteiger partial charge in [-0.1, -0.05) is 36.8 Å².